The first kappa shape index (κ1) is 14.5. The quantitative estimate of drug-likeness (QED) is 0.894. The minimum absolute atomic E-state index is 0.0962. The lowest BCUT2D eigenvalue weighted by Gasteiger charge is -2.26. The molecule has 1 fully saturated rings. The number of nitrogens with one attached hydrogen (secondary N) is 1. The maximum absolute atomic E-state index is 11.5. The van der Waals surface area contributed by atoms with Gasteiger partial charge in [-0.2, -0.15) is 0 Å². The Morgan fingerprint density at radius 3 is 2.15 bits per heavy atom. The number of rotatable bonds is 5. The summed E-state index contributed by atoms with van der Waals surface area (Å²) in [6.07, 6.45) is 2.04. The van der Waals surface area contributed by atoms with Crippen LogP contribution < -0.4 is 19.5 Å². The van der Waals surface area contributed by atoms with E-state index in [0.29, 0.717) is 30.1 Å². The number of hydrogen-bond donors (Lipinski definition) is 1. The van der Waals surface area contributed by atoms with Gasteiger partial charge in [0.15, 0.2) is 0 Å². The van der Waals surface area contributed by atoms with Crippen LogP contribution in [0.3, 0.4) is 0 Å². The maximum atomic E-state index is 11.5. The second kappa shape index (κ2) is 5.61. The maximum Gasteiger partial charge on any atom is 0.220 e. The summed E-state index contributed by atoms with van der Waals surface area (Å²) in [5, 5.41) is 3.03. The molecule has 1 saturated heterocycles. The van der Waals surface area contributed by atoms with Gasteiger partial charge >= 0.3 is 0 Å². The summed E-state index contributed by atoms with van der Waals surface area (Å²) >= 11 is 0. The highest BCUT2D eigenvalue weighted by Gasteiger charge is 2.35. The van der Waals surface area contributed by atoms with Crippen LogP contribution in [-0.4, -0.2) is 32.8 Å². The van der Waals surface area contributed by atoms with E-state index in [-0.39, 0.29) is 11.4 Å². The Morgan fingerprint density at radius 2 is 1.75 bits per heavy atom. The van der Waals surface area contributed by atoms with Crippen LogP contribution in [-0.2, 0) is 11.2 Å². The molecule has 0 bridgehead atoms. The van der Waals surface area contributed by atoms with Gasteiger partial charge in [0.2, 0.25) is 5.91 Å². The van der Waals surface area contributed by atoms with Crippen molar-refractivity contribution < 1.29 is 19.0 Å². The average Bonchev–Trinajstić information content (AvgIpc) is 2.78. The van der Waals surface area contributed by atoms with Crippen LogP contribution in [0.2, 0.25) is 0 Å². The number of amides is 1. The molecule has 0 saturated carbocycles. The monoisotopic (exact) mass is 279 g/mol. The van der Waals surface area contributed by atoms with Gasteiger partial charge in [0, 0.05) is 36.1 Å². The van der Waals surface area contributed by atoms with Crippen molar-refractivity contribution in [3.63, 3.8) is 0 Å². The zero-order valence-electron chi connectivity index (χ0n) is 12.4. The van der Waals surface area contributed by atoms with Crippen LogP contribution in [0, 0.1) is 0 Å². The van der Waals surface area contributed by atoms with Crippen LogP contribution in [0.1, 0.15) is 25.3 Å². The van der Waals surface area contributed by atoms with Gasteiger partial charge in [-0.1, -0.05) is 0 Å². The van der Waals surface area contributed by atoms with Gasteiger partial charge in [-0.3, -0.25) is 4.79 Å². The number of benzene rings is 1. The Morgan fingerprint density at radius 1 is 1.15 bits per heavy atom. The summed E-state index contributed by atoms with van der Waals surface area (Å²) < 4.78 is 16.1. The molecule has 110 valence electrons. The van der Waals surface area contributed by atoms with Crippen LogP contribution in [0.25, 0.3) is 0 Å². The van der Waals surface area contributed by atoms with E-state index in [9.17, 15) is 4.79 Å². The molecule has 1 heterocycles. The minimum atomic E-state index is -0.258. The number of hydrogen-bond acceptors (Lipinski definition) is 4. The van der Waals surface area contributed by atoms with Gasteiger partial charge in [0.25, 0.3) is 0 Å². The van der Waals surface area contributed by atoms with Gasteiger partial charge in [-0.15, -0.1) is 0 Å². The highest BCUT2D eigenvalue weighted by molar-refractivity contribution is 5.79. The normalized spacial score (nSPS) is 21.5. The highest BCUT2D eigenvalue weighted by atomic mass is 16.5. The molecule has 1 atom stereocenters. The Bertz CT molecular complexity index is 490. The average molecular weight is 279 g/mol. The lowest BCUT2D eigenvalue weighted by atomic mass is 9.90. The lowest BCUT2D eigenvalue weighted by Crippen LogP contribution is -2.40. The van der Waals surface area contributed by atoms with Crippen molar-refractivity contribution in [2.24, 2.45) is 0 Å². The van der Waals surface area contributed by atoms with Crippen molar-refractivity contribution >= 4 is 5.91 Å². The van der Waals surface area contributed by atoms with E-state index in [0.717, 1.165) is 12.0 Å². The molecular formula is C15H21NO4. The van der Waals surface area contributed by atoms with Gasteiger partial charge in [0.05, 0.1) is 21.3 Å². The molecule has 0 aromatic heterocycles. The summed E-state index contributed by atoms with van der Waals surface area (Å²) in [6, 6.07) is 3.66. The van der Waals surface area contributed by atoms with E-state index in [1.165, 1.54) is 0 Å². The standard InChI is InChI=1S/C15H21NO4/c1-15(6-5-14(17)16-15)9-11-12(19-3)7-10(18-2)8-13(11)20-4/h7-8H,5-6,9H2,1-4H3,(H,16,17). The molecule has 20 heavy (non-hydrogen) atoms. The molecular weight excluding hydrogens is 258 g/mol. The van der Waals surface area contributed by atoms with Crippen LogP contribution in [0.4, 0.5) is 0 Å². The molecule has 1 amide bonds. The van der Waals surface area contributed by atoms with E-state index in [4.69, 9.17) is 14.2 Å². The van der Waals surface area contributed by atoms with E-state index in [1.807, 2.05) is 19.1 Å². The molecule has 2 rings (SSSR count). The third-order valence-electron chi connectivity index (χ3n) is 3.73. The fraction of sp³-hybridized carbons (Fsp3) is 0.533. The molecule has 1 N–H and O–H groups in total. The van der Waals surface area contributed by atoms with Crippen molar-refractivity contribution in [1.29, 1.82) is 0 Å². The predicted molar refractivity (Wildman–Crippen MR) is 75.6 cm³/mol. The molecule has 0 aliphatic carbocycles. The first-order valence-corrected chi connectivity index (χ1v) is 6.61. The Balaban J connectivity index is 2.37. The summed E-state index contributed by atoms with van der Waals surface area (Å²) in [6.45, 7) is 2.04. The van der Waals surface area contributed by atoms with Crippen molar-refractivity contribution in [2.75, 3.05) is 21.3 Å². The smallest absolute Gasteiger partial charge is 0.220 e. The lowest BCUT2D eigenvalue weighted by molar-refractivity contribution is -0.119. The zero-order chi connectivity index (χ0) is 14.8. The molecule has 0 spiro atoms. The van der Waals surface area contributed by atoms with Gasteiger partial charge < -0.3 is 19.5 Å². The van der Waals surface area contributed by atoms with E-state index in [1.54, 1.807) is 21.3 Å². The molecule has 1 aliphatic heterocycles. The summed E-state index contributed by atoms with van der Waals surface area (Å²) in [4.78, 5) is 11.5. The highest BCUT2D eigenvalue weighted by Crippen LogP contribution is 2.38. The third-order valence-corrected chi connectivity index (χ3v) is 3.73. The molecule has 5 nitrogen and oxygen atoms in total. The summed E-state index contributed by atoms with van der Waals surface area (Å²) in [5.74, 6) is 2.20. The van der Waals surface area contributed by atoms with Crippen LogP contribution in [0.15, 0.2) is 12.1 Å². The van der Waals surface area contributed by atoms with E-state index in [2.05, 4.69) is 5.32 Å². The first-order chi connectivity index (χ1) is 9.51. The molecule has 1 aliphatic rings. The molecule has 1 aromatic rings. The molecule has 0 radical (unpaired) electrons. The van der Waals surface area contributed by atoms with E-state index >= 15 is 0 Å². The predicted octanol–water partition coefficient (Wildman–Crippen LogP) is 1.92. The van der Waals surface area contributed by atoms with Crippen LogP contribution >= 0.6 is 0 Å². The number of ether oxygens (including phenoxy) is 3. The fourth-order valence-corrected chi connectivity index (χ4v) is 2.63. The van der Waals surface area contributed by atoms with Crippen molar-refractivity contribution in [3.8, 4) is 17.2 Å². The van der Waals surface area contributed by atoms with Crippen molar-refractivity contribution in [2.45, 2.75) is 31.7 Å². The Hall–Kier alpha value is -1.91. The Kier molecular flexibility index (Phi) is 4.06. The first-order valence-electron chi connectivity index (χ1n) is 6.61. The largest absolute Gasteiger partial charge is 0.496 e. The van der Waals surface area contributed by atoms with Crippen LogP contribution in [0.5, 0.6) is 17.2 Å². The number of carbonyl (C=O) groups excluding carboxylic acids is 1. The van der Waals surface area contributed by atoms with Crippen molar-refractivity contribution in [1.82, 2.24) is 5.32 Å². The third kappa shape index (κ3) is 2.81. The SMILES string of the molecule is COc1cc(OC)c(CC2(C)CCC(=O)N2)c(OC)c1. The fourth-order valence-electron chi connectivity index (χ4n) is 2.63. The van der Waals surface area contributed by atoms with Crippen molar-refractivity contribution in [3.05, 3.63) is 17.7 Å². The van der Waals surface area contributed by atoms with Gasteiger partial charge in [-0.25, -0.2) is 0 Å². The summed E-state index contributed by atoms with van der Waals surface area (Å²) in [7, 11) is 4.84. The number of carbonyl (C=O) groups is 1. The van der Waals surface area contributed by atoms with E-state index < -0.39 is 0 Å². The zero-order valence-corrected chi connectivity index (χ0v) is 12.4. The second-order valence-electron chi connectivity index (χ2n) is 5.30. The minimum Gasteiger partial charge on any atom is -0.496 e. The molecule has 1 aromatic carbocycles. The summed E-state index contributed by atoms with van der Waals surface area (Å²) in [5.41, 5.74) is 0.687. The second-order valence-corrected chi connectivity index (χ2v) is 5.30. The molecule has 5 heteroatoms. The topological polar surface area (TPSA) is 56.8 Å². The van der Waals surface area contributed by atoms with Gasteiger partial charge in [-0.05, 0) is 13.3 Å². The number of methoxy groups -OCH3 is 3. The molecule has 1 unspecified atom stereocenters. The van der Waals surface area contributed by atoms with Gasteiger partial charge in [0.1, 0.15) is 17.2 Å². The Labute approximate surface area is 119 Å².